The van der Waals surface area contributed by atoms with E-state index in [0.29, 0.717) is 11.3 Å². The second-order valence-electron chi connectivity index (χ2n) is 10.1. The highest BCUT2D eigenvalue weighted by Crippen LogP contribution is 2.27. The van der Waals surface area contributed by atoms with E-state index < -0.39 is 24.0 Å². The smallest absolute Gasteiger partial charge is 0.326 e. The molecular formula is C34H34N2O4. The topological polar surface area (TPSA) is 77.9 Å². The summed E-state index contributed by atoms with van der Waals surface area (Å²) in [7, 11) is 1.60. The summed E-state index contributed by atoms with van der Waals surface area (Å²) in [5, 5.41) is 9.98. The zero-order valence-corrected chi connectivity index (χ0v) is 23.2. The standard InChI is InChI=1S/C34H34N2O4/c1-23-19-24(2)21-29(20-23)32(37)35(4)31(22-26-11-7-5-8-12-26)33(38)36(25(3)34(39)40)30-17-15-28(16-18-30)27-13-9-6-10-14-27/h5-21,25,31H,22H2,1-4H3,(H,39,40)/t25-,31-/m0/s1. The van der Waals surface area contributed by atoms with Gasteiger partial charge in [-0.1, -0.05) is 90.0 Å². The van der Waals surface area contributed by atoms with E-state index >= 15 is 0 Å². The van der Waals surface area contributed by atoms with Crippen molar-refractivity contribution in [3.63, 3.8) is 0 Å². The van der Waals surface area contributed by atoms with Gasteiger partial charge in [0.1, 0.15) is 12.1 Å². The van der Waals surface area contributed by atoms with Crippen molar-refractivity contribution in [2.45, 2.75) is 39.3 Å². The first kappa shape index (κ1) is 28.3. The van der Waals surface area contributed by atoms with Crippen LogP contribution < -0.4 is 4.90 Å². The van der Waals surface area contributed by atoms with Gasteiger partial charge in [0, 0.05) is 24.7 Å². The summed E-state index contributed by atoms with van der Waals surface area (Å²) in [6.45, 7) is 5.33. The van der Waals surface area contributed by atoms with Gasteiger partial charge < -0.3 is 10.0 Å². The molecule has 204 valence electrons. The van der Waals surface area contributed by atoms with E-state index in [9.17, 15) is 19.5 Å². The molecule has 0 saturated heterocycles. The number of anilines is 1. The Morgan fingerprint density at radius 2 is 1.27 bits per heavy atom. The SMILES string of the molecule is Cc1cc(C)cc(C(=O)N(C)[C@@H](Cc2ccccc2)C(=O)N(c2ccc(-c3ccccc3)cc2)[C@@H](C)C(=O)O)c1. The molecule has 0 aliphatic carbocycles. The number of amides is 2. The first-order valence-electron chi connectivity index (χ1n) is 13.3. The summed E-state index contributed by atoms with van der Waals surface area (Å²) in [6, 6.07) is 30.0. The van der Waals surface area contributed by atoms with Crippen LogP contribution in [0.3, 0.4) is 0 Å². The minimum atomic E-state index is -1.15. The molecule has 4 rings (SSSR count). The highest BCUT2D eigenvalue weighted by atomic mass is 16.4. The number of aliphatic carboxylic acids is 1. The lowest BCUT2D eigenvalue weighted by Crippen LogP contribution is -2.54. The van der Waals surface area contributed by atoms with Crippen molar-refractivity contribution in [1.29, 1.82) is 0 Å². The van der Waals surface area contributed by atoms with Crippen LogP contribution in [0.1, 0.15) is 34.0 Å². The van der Waals surface area contributed by atoms with E-state index in [1.165, 1.54) is 16.7 Å². The third-order valence-corrected chi connectivity index (χ3v) is 7.05. The molecule has 1 N–H and O–H groups in total. The van der Waals surface area contributed by atoms with Crippen LogP contribution in [0.15, 0.2) is 103 Å². The van der Waals surface area contributed by atoms with E-state index in [4.69, 9.17) is 0 Å². The lowest BCUT2D eigenvalue weighted by atomic mass is 10.00. The van der Waals surface area contributed by atoms with Gasteiger partial charge >= 0.3 is 5.97 Å². The predicted molar refractivity (Wildman–Crippen MR) is 158 cm³/mol. The largest absolute Gasteiger partial charge is 0.480 e. The van der Waals surface area contributed by atoms with Gasteiger partial charge in [0.05, 0.1) is 0 Å². The molecule has 0 saturated carbocycles. The molecule has 4 aromatic carbocycles. The number of rotatable bonds is 9. The van der Waals surface area contributed by atoms with Crippen LogP contribution in [0.25, 0.3) is 11.1 Å². The molecule has 0 radical (unpaired) electrons. The fourth-order valence-corrected chi connectivity index (χ4v) is 4.93. The third kappa shape index (κ3) is 6.46. The van der Waals surface area contributed by atoms with Crippen LogP contribution in [-0.4, -0.2) is 46.9 Å². The fraction of sp³-hybridized carbons (Fsp3) is 0.206. The van der Waals surface area contributed by atoms with E-state index in [0.717, 1.165) is 27.8 Å². The Morgan fingerprint density at radius 3 is 1.82 bits per heavy atom. The Balaban J connectivity index is 1.74. The van der Waals surface area contributed by atoms with Crippen molar-refractivity contribution in [3.05, 3.63) is 125 Å². The molecule has 0 heterocycles. The maximum Gasteiger partial charge on any atom is 0.326 e. The number of benzene rings is 4. The Kier molecular flexibility index (Phi) is 8.80. The minimum Gasteiger partial charge on any atom is -0.480 e. The van der Waals surface area contributed by atoms with Gasteiger partial charge in [-0.25, -0.2) is 4.79 Å². The molecule has 0 spiro atoms. The van der Waals surface area contributed by atoms with Crippen molar-refractivity contribution < 1.29 is 19.5 Å². The van der Waals surface area contributed by atoms with Crippen LogP contribution in [0.2, 0.25) is 0 Å². The van der Waals surface area contributed by atoms with Crippen molar-refractivity contribution in [1.82, 2.24) is 4.90 Å². The molecular weight excluding hydrogens is 500 g/mol. The van der Waals surface area contributed by atoms with Gasteiger partial charge in [0.15, 0.2) is 0 Å². The molecule has 0 fully saturated rings. The molecule has 0 aromatic heterocycles. The molecule has 0 bridgehead atoms. The van der Waals surface area contributed by atoms with Gasteiger partial charge in [0.2, 0.25) is 0 Å². The quantitative estimate of drug-likeness (QED) is 0.279. The number of hydrogen-bond acceptors (Lipinski definition) is 3. The van der Waals surface area contributed by atoms with Gasteiger partial charge in [0.25, 0.3) is 11.8 Å². The number of carboxylic acids is 1. The highest BCUT2D eigenvalue weighted by Gasteiger charge is 2.36. The van der Waals surface area contributed by atoms with Crippen molar-refractivity contribution in [3.8, 4) is 11.1 Å². The average molecular weight is 535 g/mol. The zero-order valence-electron chi connectivity index (χ0n) is 23.2. The molecule has 6 heteroatoms. The molecule has 0 aliphatic heterocycles. The number of carboxylic acid groups (broad SMARTS) is 1. The average Bonchev–Trinajstić information content (AvgIpc) is 2.96. The second kappa shape index (κ2) is 12.4. The normalized spacial score (nSPS) is 12.3. The Bertz CT molecular complexity index is 1460. The number of carbonyl (C=O) groups is 3. The van der Waals surface area contributed by atoms with Gasteiger partial charge in [-0.2, -0.15) is 0 Å². The van der Waals surface area contributed by atoms with Crippen LogP contribution in [0, 0.1) is 13.8 Å². The number of nitrogens with zero attached hydrogens (tertiary/aromatic N) is 2. The summed E-state index contributed by atoms with van der Waals surface area (Å²) >= 11 is 0. The van der Waals surface area contributed by atoms with E-state index in [-0.39, 0.29) is 12.3 Å². The van der Waals surface area contributed by atoms with Crippen LogP contribution >= 0.6 is 0 Å². The molecule has 40 heavy (non-hydrogen) atoms. The monoisotopic (exact) mass is 534 g/mol. The van der Waals surface area contributed by atoms with Crippen LogP contribution in [0.5, 0.6) is 0 Å². The summed E-state index contributed by atoms with van der Waals surface area (Å²) in [4.78, 5) is 43.0. The van der Waals surface area contributed by atoms with E-state index in [2.05, 4.69) is 0 Å². The van der Waals surface area contributed by atoms with E-state index in [1.807, 2.05) is 92.7 Å². The summed E-state index contributed by atoms with van der Waals surface area (Å²) in [5.41, 5.74) is 5.65. The van der Waals surface area contributed by atoms with E-state index in [1.54, 1.807) is 31.3 Å². The maximum atomic E-state index is 14.3. The first-order chi connectivity index (χ1) is 19.2. The van der Waals surface area contributed by atoms with Gasteiger partial charge in [-0.3, -0.25) is 14.5 Å². The van der Waals surface area contributed by atoms with Gasteiger partial charge in [-0.05, 0) is 61.7 Å². The summed E-state index contributed by atoms with van der Waals surface area (Å²) < 4.78 is 0. The molecule has 0 unspecified atom stereocenters. The van der Waals surface area contributed by atoms with Crippen molar-refractivity contribution in [2.24, 2.45) is 0 Å². The predicted octanol–water partition coefficient (Wildman–Crippen LogP) is 6.16. The molecule has 2 atom stereocenters. The lowest BCUT2D eigenvalue weighted by molar-refractivity contribution is -0.140. The summed E-state index contributed by atoms with van der Waals surface area (Å²) in [6.07, 6.45) is 0.234. The maximum absolute atomic E-state index is 14.3. The highest BCUT2D eigenvalue weighted by molar-refractivity contribution is 6.05. The molecule has 2 amide bonds. The molecule has 0 aliphatic rings. The fourth-order valence-electron chi connectivity index (χ4n) is 4.93. The molecule has 4 aromatic rings. The van der Waals surface area contributed by atoms with Crippen LogP contribution in [0.4, 0.5) is 5.69 Å². The second-order valence-corrected chi connectivity index (χ2v) is 10.1. The zero-order chi connectivity index (χ0) is 28.8. The molecule has 6 nitrogen and oxygen atoms in total. The van der Waals surface area contributed by atoms with Gasteiger partial charge in [-0.15, -0.1) is 0 Å². The number of carbonyl (C=O) groups excluding carboxylic acids is 2. The Morgan fingerprint density at radius 1 is 0.750 bits per heavy atom. The number of likely N-dealkylation sites (N-methyl/N-ethyl adjacent to an activating group) is 1. The third-order valence-electron chi connectivity index (χ3n) is 7.05. The number of aryl methyl sites for hydroxylation is 2. The first-order valence-corrected chi connectivity index (χ1v) is 13.3. The summed E-state index contributed by atoms with van der Waals surface area (Å²) in [5.74, 6) is -1.91. The lowest BCUT2D eigenvalue weighted by Gasteiger charge is -2.35. The Hall–Kier alpha value is -4.71. The van der Waals surface area contributed by atoms with Crippen molar-refractivity contribution in [2.75, 3.05) is 11.9 Å². The van der Waals surface area contributed by atoms with Crippen molar-refractivity contribution >= 4 is 23.5 Å². The minimum absolute atomic E-state index is 0.234. The van der Waals surface area contributed by atoms with Crippen LogP contribution in [-0.2, 0) is 16.0 Å². The number of hydrogen-bond donors (Lipinski definition) is 1. The Labute approximate surface area is 235 Å².